The average molecular weight is 1000 g/mol. The molecule has 390 valence electrons. The molecule has 0 radical (unpaired) electrons. The molecule has 24 heteroatoms. The number of likely N-dealkylation sites (tertiary alicyclic amines) is 1. The number of benzene rings is 2. The number of carboxylic acid groups (broad SMARTS) is 1. The van der Waals surface area contributed by atoms with Crippen molar-refractivity contribution in [2.24, 2.45) is 34.0 Å². The van der Waals surface area contributed by atoms with Crippen LogP contribution in [0.15, 0.2) is 72.1 Å². The first kappa shape index (κ1) is 56.5. The van der Waals surface area contributed by atoms with E-state index in [0.717, 1.165) is 0 Å². The molecule has 8 amide bonds. The number of aromatic hydroxyl groups is 1. The average Bonchev–Trinajstić information content (AvgIpc) is 4.05. The molecular weight excluding hydrogens is 935 g/mol. The van der Waals surface area contributed by atoms with Crippen molar-refractivity contribution in [3.63, 3.8) is 0 Å². The molecule has 0 aliphatic carbocycles. The van der Waals surface area contributed by atoms with Gasteiger partial charge in [-0.05, 0) is 60.8 Å². The van der Waals surface area contributed by atoms with Crippen molar-refractivity contribution in [2.45, 2.75) is 121 Å². The smallest absolute Gasteiger partial charge is 0.330 e. The number of hydrogen-bond acceptors (Lipinski definition) is 12. The van der Waals surface area contributed by atoms with Gasteiger partial charge in [-0.2, -0.15) is 0 Å². The van der Waals surface area contributed by atoms with Crippen LogP contribution in [0.2, 0.25) is 0 Å². The Kier molecular flexibility index (Phi) is 21.5. The summed E-state index contributed by atoms with van der Waals surface area (Å²) in [7, 11) is 0. The second kappa shape index (κ2) is 27.4. The first-order valence-corrected chi connectivity index (χ1v) is 23.6. The van der Waals surface area contributed by atoms with Gasteiger partial charge in [0.15, 0.2) is 12.0 Å². The van der Waals surface area contributed by atoms with E-state index >= 15 is 0 Å². The van der Waals surface area contributed by atoms with Crippen LogP contribution in [0.4, 0.5) is 0 Å². The highest BCUT2D eigenvalue weighted by Crippen LogP contribution is 2.22. The number of phenols is 1. The number of aromatic nitrogens is 2. The number of primary amides is 1. The maximum Gasteiger partial charge on any atom is 0.330 e. The van der Waals surface area contributed by atoms with Crippen molar-refractivity contribution >= 4 is 59.2 Å². The Morgan fingerprint density at radius 2 is 1.36 bits per heavy atom. The lowest BCUT2D eigenvalue weighted by Crippen LogP contribution is -2.61. The Bertz CT molecular complexity index is 2380. The SMILES string of the molecule is CC(C)C(NC(=O)C(CCCN=C(N)N)NC(=O)CCC(N)=O)C(=O)NC(Cc1ccc(O)cc1)C(=O)NC(C(=O)NC(Cc1cnc[nH]1)C(=O)N1CCC[C@H]1C(=O)NC(C(=O)O)c1ccccc1)C(C)C. The molecule has 2 heterocycles. The molecule has 1 saturated heterocycles. The number of carbonyl (C=O) groups excluding carboxylic acids is 8. The van der Waals surface area contributed by atoms with Crippen LogP contribution in [-0.4, -0.2) is 134 Å². The lowest BCUT2D eigenvalue weighted by molar-refractivity contribution is -0.145. The summed E-state index contributed by atoms with van der Waals surface area (Å²) in [6, 6.07) is 4.98. The Hall–Kier alpha value is -8.05. The van der Waals surface area contributed by atoms with Crippen LogP contribution in [0.3, 0.4) is 0 Å². The van der Waals surface area contributed by atoms with Crippen molar-refractivity contribution in [2.75, 3.05) is 13.1 Å². The maximum absolute atomic E-state index is 14.5. The third kappa shape index (κ3) is 17.4. The molecule has 1 fully saturated rings. The van der Waals surface area contributed by atoms with Gasteiger partial charge in [-0.3, -0.25) is 43.3 Å². The minimum absolute atomic E-state index is 0.0339. The van der Waals surface area contributed by atoms with Gasteiger partial charge >= 0.3 is 5.97 Å². The number of aliphatic carboxylic acids is 1. The number of rotatable bonds is 27. The number of H-pyrrole nitrogens is 1. The lowest BCUT2D eigenvalue weighted by Gasteiger charge is -2.31. The monoisotopic (exact) mass is 1000 g/mol. The molecule has 24 nitrogen and oxygen atoms in total. The maximum atomic E-state index is 14.5. The van der Waals surface area contributed by atoms with Crippen molar-refractivity contribution in [3.8, 4) is 5.75 Å². The van der Waals surface area contributed by atoms with E-state index in [9.17, 15) is 53.4 Å². The van der Waals surface area contributed by atoms with Gasteiger partial charge in [-0.1, -0.05) is 70.2 Å². The number of carboxylic acids is 1. The standard InChI is InChI=1S/C48H67N13O11/c1-26(2)38(58-41(65)32(12-8-20-53-48(50)51)55-37(64)19-18-36(49)63)44(68)56-33(22-28-14-16-31(62)17-15-28)42(66)59-39(27(3)4)45(69)57-34(23-30-24-52-25-54-30)46(70)61-21-9-13-35(61)43(67)60-40(47(71)72)29-10-6-5-7-11-29/h5-7,10-11,14-17,24-27,32-35,38-40,62H,8-9,12-13,18-23H2,1-4H3,(H2,49,63)(H,52,54)(H,55,64)(H,56,68)(H,57,69)(H,58,65)(H,59,66)(H,60,67)(H,71,72)(H4,50,51,53)/t32?,33?,34?,35-,38?,39?,40?/m0/s1. The number of nitrogens with zero attached hydrogens (tertiary/aromatic N) is 3. The third-order valence-electron chi connectivity index (χ3n) is 11.8. The molecule has 15 N–H and O–H groups in total. The molecular formula is C48H67N13O11. The van der Waals surface area contributed by atoms with Crippen molar-refractivity contribution in [1.82, 2.24) is 46.8 Å². The van der Waals surface area contributed by atoms with Crippen LogP contribution in [0, 0.1) is 11.8 Å². The third-order valence-corrected chi connectivity index (χ3v) is 11.8. The fourth-order valence-corrected chi connectivity index (χ4v) is 7.94. The predicted octanol–water partition coefficient (Wildman–Crippen LogP) is -1.11. The van der Waals surface area contributed by atoms with Gasteiger partial charge in [-0.15, -0.1) is 0 Å². The fourth-order valence-electron chi connectivity index (χ4n) is 7.94. The second-order valence-corrected chi connectivity index (χ2v) is 18.1. The molecule has 1 aromatic heterocycles. The van der Waals surface area contributed by atoms with E-state index in [-0.39, 0.29) is 69.7 Å². The summed E-state index contributed by atoms with van der Waals surface area (Å²) in [5.74, 6) is -8.59. The number of nitrogens with one attached hydrogen (secondary N) is 7. The second-order valence-electron chi connectivity index (χ2n) is 18.1. The zero-order valence-corrected chi connectivity index (χ0v) is 40.8. The summed E-state index contributed by atoms with van der Waals surface area (Å²) in [6.07, 6.45) is 2.92. The molecule has 6 unspecified atom stereocenters. The Balaban J connectivity index is 1.57. The highest BCUT2D eigenvalue weighted by molar-refractivity contribution is 5.98. The van der Waals surface area contributed by atoms with Crippen LogP contribution in [0.1, 0.15) is 89.1 Å². The van der Waals surface area contributed by atoms with Gasteiger partial charge in [-0.25, -0.2) is 9.78 Å². The zero-order valence-electron chi connectivity index (χ0n) is 40.8. The molecule has 4 rings (SSSR count). The highest BCUT2D eigenvalue weighted by atomic mass is 16.4. The summed E-state index contributed by atoms with van der Waals surface area (Å²) in [5, 5.41) is 35.9. The number of nitrogens with two attached hydrogens (primary N) is 3. The zero-order chi connectivity index (χ0) is 53.1. The fraction of sp³-hybridized carbons (Fsp3) is 0.479. The van der Waals surface area contributed by atoms with Gasteiger partial charge in [0, 0.05) is 50.7 Å². The van der Waals surface area contributed by atoms with Gasteiger partial charge < -0.3 is 69.2 Å². The Morgan fingerprint density at radius 3 is 1.92 bits per heavy atom. The summed E-state index contributed by atoms with van der Waals surface area (Å²) < 4.78 is 0. The largest absolute Gasteiger partial charge is 0.508 e. The molecule has 1 aliphatic heterocycles. The number of imidazole rings is 1. The lowest BCUT2D eigenvalue weighted by atomic mass is 9.98. The number of phenolic OH excluding ortho intramolecular Hbond substituents is 1. The molecule has 1 aliphatic rings. The van der Waals surface area contributed by atoms with E-state index in [0.29, 0.717) is 23.2 Å². The van der Waals surface area contributed by atoms with E-state index in [1.165, 1.54) is 41.7 Å². The Labute approximate surface area is 416 Å². The van der Waals surface area contributed by atoms with E-state index in [2.05, 4.69) is 46.9 Å². The van der Waals surface area contributed by atoms with Crippen LogP contribution in [-0.2, 0) is 56.0 Å². The van der Waals surface area contributed by atoms with Gasteiger partial charge in [0.05, 0.1) is 6.33 Å². The molecule has 2 aromatic carbocycles. The van der Waals surface area contributed by atoms with Gasteiger partial charge in [0.25, 0.3) is 0 Å². The molecule has 0 saturated carbocycles. The molecule has 72 heavy (non-hydrogen) atoms. The van der Waals surface area contributed by atoms with Crippen molar-refractivity contribution in [1.29, 1.82) is 0 Å². The van der Waals surface area contributed by atoms with Crippen LogP contribution >= 0.6 is 0 Å². The molecule has 7 atom stereocenters. The van der Waals surface area contributed by atoms with Crippen LogP contribution < -0.4 is 49.1 Å². The van der Waals surface area contributed by atoms with E-state index in [1.54, 1.807) is 58.0 Å². The number of amides is 8. The number of aliphatic imine (C=N–C) groups is 1. The summed E-state index contributed by atoms with van der Waals surface area (Å²) in [5.41, 5.74) is 17.3. The number of carbonyl (C=O) groups is 9. The number of hydrogen-bond donors (Lipinski definition) is 12. The van der Waals surface area contributed by atoms with Crippen molar-refractivity contribution < 1.29 is 53.4 Å². The van der Waals surface area contributed by atoms with Crippen LogP contribution in [0.5, 0.6) is 5.75 Å². The normalized spacial score (nSPS) is 15.7. The Morgan fingerprint density at radius 1 is 0.750 bits per heavy atom. The van der Waals surface area contributed by atoms with Gasteiger partial charge in [0.2, 0.25) is 47.3 Å². The highest BCUT2D eigenvalue weighted by Gasteiger charge is 2.41. The minimum atomic E-state index is -1.39. The predicted molar refractivity (Wildman–Crippen MR) is 261 cm³/mol. The summed E-state index contributed by atoms with van der Waals surface area (Å²) >= 11 is 0. The topological polar surface area (TPSA) is 389 Å². The number of guanidine groups is 1. The summed E-state index contributed by atoms with van der Waals surface area (Å²) in [6.45, 7) is 6.84. The van der Waals surface area contributed by atoms with E-state index < -0.39 is 107 Å². The first-order valence-electron chi connectivity index (χ1n) is 23.6. The van der Waals surface area contributed by atoms with Gasteiger partial charge in [0.1, 0.15) is 42.0 Å². The molecule has 0 spiro atoms. The minimum Gasteiger partial charge on any atom is -0.508 e. The van der Waals surface area contributed by atoms with E-state index in [1.807, 2.05) is 0 Å². The van der Waals surface area contributed by atoms with E-state index in [4.69, 9.17) is 17.2 Å². The van der Waals surface area contributed by atoms with Crippen molar-refractivity contribution in [3.05, 3.63) is 83.9 Å². The first-order chi connectivity index (χ1) is 34.1. The molecule has 0 bridgehead atoms. The van der Waals surface area contributed by atoms with Crippen LogP contribution in [0.25, 0.3) is 0 Å². The quantitative estimate of drug-likeness (QED) is 0.0245. The number of aromatic amines is 1. The molecule has 3 aromatic rings. The summed E-state index contributed by atoms with van der Waals surface area (Å²) in [4.78, 5) is 133.